The molecule has 2 aromatic carbocycles. The van der Waals surface area contributed by atoms with Gasteiger partial charge in [-0.05, 0) is 31.0 Å². The van der Waals surface area contributed by atoms with Crippen molar-refractivity contribution in [1.82, 2.24) is 4.90 Å². The molecule has 1 aliphatic rings. The second kappa shape index (κ2) is 9.04. The SMILES string of the molecule is CN(C(=O)c1cccc(SCC(=O)c2ccccc2)c1)C1CCCCC1. The molecule has 0 atom stereocenters. The van der Waals surface area contributed by atoms with Gasteiger partial charge < -0.3 is 4.90 Å². The average Bonchev–Trinajstić information content (AvgIpc) is 2.72. The van der Waals surface area contributed by atoms with E-state index in [1.165, 1.54) is 31.0 Å². The molecule has 0 radical (unpaired) electrons. The van der Waals surface area contributed by atoms with Crippen LogP contribution in [-0.2, 0) is 0 Å². The van der Waals surface area contributed by atoms with Crippen LogP contribution < -0.4 is 0 Å². The first-order valence-corrected chi connectivity index (χ1v) is 10.2. The third-order valence-corrected chi connectivity index (χ3v) is 5.98. The Morgan fingerprint density at radius 2 is 1.65 bits per heavy atom. The van der Waals surface area contributed by atoms with Crippen LogP contribution >= 0.6 is 11.8 Å². The van der Waals surface area contributed by atoms with E-state index in [1.807, 2.05) is 66.5 Å². The minimum Gasteiger partial charge on any atom is -0.339 e. The van der Waals surface area contributed by atoms with Gasteiger partial charge in [-0.25, -0.2) is 0 Å². The largest absolute Gasteiger partial charge is 0.339 e. The van der Waals surface area contributed by atoms with Crippen LogP contribution in [0.15, 0.2) is 59.5 Å². The molecule has 0 aromatic heterocycles. The number of nitrogens with zero attached hydrogens (tertiary/aromatic N) is 1. The lowest BCUT2D eigenvalue weighted by Gasteiger charge is -2.31. The van der Waals surface area contributed by atoms with Crippen molar-refractivity contribution < 1.29 is 9.59 Å². The second-order valence-corrected chi connectivity index (χ2v) is 7.86. The Bertz CT molecular complexity index is 754. The molecular formula is C22H25NO2S. The fourth-order valence-corrected chi connectivity index (χ4v) is 4.26. The summed E-state index contributed by atoms with van der Waals surface area (Å²) in [6, 6.07) is 17.3. The molecular weight excluding hydrogens is 342 g/mol. The van der Waals surface area contributed by atoms with Gasteiger partial charge in [0, 0.05) is 29.1 Å². The van der Waals surface area contributed by atoms with Crippen LogP contribution in [0.25, 0.3) is 0 Å². The second-order valence-electron chi connectivity index (χ2n) is 6.81. The summed E-state index contributed by atoms with van der Waals surface area (Å²) in [7, 11) is 1.91. The molecule has 3 nitrogen and oxygen atoms in total. The van der Waals surface area contributed by atoms with Crippen molar-refractivity contribution in [1.29, 1.82) is 0 Å². The minimum atomic E-state index is 0.0775. The highest BCUT2D eigenvalue weighted by Gasteiger charge is 2.23. The molecule has 0 unspecified atom stereocenters. The number of hydrogen-bond acceptors (Lipinski definition) is 3. The van der Waals surface area contributed by atoms with Crippen LogP contribution in [0.2, 0.25) is 0 Å². The van der Waals surface area contributed by atoms with E-state index in [1.54, 1.807) is 0 Å². The molecule has 1 saturated carbocycles. The average molecular weight is 368 g/mol. The molecule has 2 aromatic rings. The van der Waals surface area contributed by atoms with Crippen molar-refractivity contribution in [3.05, 3.63) is 65.7 Å². The molecule has 0 aliphatic heterocycles. The molecule has 0 N–H and O–H groups in total. The Balaban J connectivity index is 1.62. The first-order chi connectivity index (χ1) is 12.6. The highest BCUT2D eigenvalue weighted by atomic mass is 32.2. The third-order valence-electron chi connectivity index (χ3n) is 4.99. The number of thioether (sulfide) groups is 1. The molecule has 1 aliphatic carbocycles. The Kier molecular flexibility index (Phi) is 6.51. The summed E-state index contributed by atoms with van der Waals surface area (Å²) in [6.45, 7) is 0. The van der Waals surface area contributed by atoms with Crippen molar-refractivity contribution in [2.75, 3.05) is 12.8 Å². The third kappa shape index (κ3) is 4.76. The van der Waals surface area contributed by atoms with Gasteiger partial charge in [-0.2, -0.15) is 0 Å². The maximum Gasteiger partial charge on any atom is 0.253 e. The van der Waals surface area contributed by atoms with Gasteiger partial charge in [0.05, 0.1) is 5.75 Å². The van der Waals surface area contributed by atoms with Gasteiger partial charge in [0.15, 0.2) is 5.78 Å². The minimum absolute atomic E-state index is 0.0775. The quantitative estimate of drug-likeness (QED) is 0.529. The summed E-state index contributed by atoms with van der Waals surface area (Å²) in [5, 5.41) is 0. The smallest absolute Gasteiger partial charge is 0.253 e. The molecule has 0 heterocycles. The molecule has 3 rings (SSSR count). The lowest BCUT2D eigenvalue weighted by Crippen LogP contribution is -2.38. The highest BCUT2D eigenvalue weighted by molar-refractivity contribution is 8.00. The van der Waals surface area contributed by atoms with Crippen molar-refractivity contribution in [2.24, 2.45) is 0 Å². The van der Waals surface area contributed by atoms with Crippen LogP contribution in [0.3, 0.4) is 0 Å². The van der Waals surface area contributed by atoms with Gasteiger partial charge >= 0.3 is 0 Å². The number of carbonyl (C=O) groups is 2. The fourth-order valence-electron chi connectivity index (χ4n) is 3.41. The van der Waals surface area contributed by atoms with Gasteiger partial charge in [-0.3, -0.25) is 9.59 Å². The number of ketones is 1. The first-order valence-electron chi connectivity index (χ1n) is 9.23. The summed E-state index contributed by atoms with van der Waals surface area (Å²) in [6.07, 6.45) is 5.89. The number of carbonyl (C=O) groups excluding carboxylic acids is 2. The molecule has 0 saturated heterocycles. The summed E-state index contributed by atoms with van der Waals surface area (Å²) >= 11 is 1.48. The van der Waals surface area contributed by atoms with Gasteiger partial charge in [0.25, 0.3) is 5.91 Å². The van der Waals surface area contributed by atoms with Crippen molar-refractivity contribution >= 4 is 23.5 Å². The van der Waals surface area contributed by atoms with Crippen LogP contribution in [0, 0.1) is 0 Å². The lowest BCUT2D eigenvalue weighted by molar-refractivity contribution is 0.0696. The predicted octanol–water partition coefficient (Wildman–Crippen LogP) is 5.07. The first kappa shape index (κ1) is 18.7. The van der Waals surface area contributed by atoms with E-state index < -0.39 is 0 Å². The zero-order valence-electron chi connectivity index (χ0n) is 15.2. The summed E-state index contributed by atoms with van der Waals surface area (Å²) in [5.41, 5.74) is 1.43. The Morgan fingerprint density at radius 3 is 2.38 bits per heavy atom. The van der Waals surface area contributed by atoms with E-state index in [4.69, 9.17) is 0 Å². The predicted molar refractivity (Wildman–Crippen MR) is 107 cm³/mol. The van der Waals surface area contributed by atoms with Crippen molar-refractivity contribution in [3.8, 4) is 0 Å². The maximum atomic E-state index is 12.8. The summed E-state index contributed by atoms with van der Waals surface area (Å²) in [5.74, 6) is 0.556. The molecule has 0 spiro atoms. The van der Waals surface area contributed by atoms with Crippen LogP contribution in [0.4, 0.5) is 0 Å². The molecule has 1 amide bonds. The van der Waals surface area contributed by atoms with Crippen molar-refractivity contribution in [2.45, 2.75) is 43.0 Å². The zero-order chi connectivity index (χ0) is 18.4. The Hall–Kier alpha value is -2.07. The number of Topliss-reactive ketones (excluding diaryl/α,β-unsaturated/α-hetero) is 1. The monoisotopic (exact) mass is 367 g/mol. The van der Waals surface area contributed by atoms with Crippen LogP contribution in [-0.4, -0.2) is 35.4 Å². The Labute approximate surface area is 159 Å². The van der Waals surface area contributed by atoms with E-state index in [2.05, 4.69) is 0 Å². The van der Waals surface area contributed by atoms with Gasteiger partial charge in [-0.1, -0.05) is 55.7 Å². The maximum absolute atomic E-state index is 12.8. The number of amides is 1. The number of rotatable bonds is 6. The fraction of sp³-hybridized carbons (Fsp3) is 0.364. The van der Waals surface area contributed by atoms with E-state index in [-0.39, 0.29) is 11.7 Å². The normalized spacial score (nSPS) is 14.8. The lowest BCUT2D eigenvalue weighted by atomic mass is 9.94. The molecule has 4 heteroatoms. The van der Waals surface area contributed by atoms with E-state index >= 15 is 0 Å². The number of benzene rings is 2. The van der Waals surface area contributed by atoms with Crippen LogP contribution in [0.1, 0.15) is 52.8 Å². The van der Waals surface area contributed by atoms with Gasteiger partial charge in [0.1, 0.15) is 0 Å². The van der Waals surface area contributed by atoms with E-state index in [0.717, 1.165) is 23.3 Å². The zero-order valence-corrected chi connectivity index (χ0v) is 16.0. The number of hydrogen-bond donors (Lipinski definition) is 0. The standard InChI is InChI=1S/C22H25NO2S/c1-23(19-12-6-3-7-13-19)22(25)18-11-8-14-20(15-18)26-16-21(24)17-9-4-2-5-10-17/h2,4-5,8-11,14-15,19H,3,6-7,12-13,16H2,1H3. The summed E-state index contributed by atoms with van der Waals surface area (Å²) in [4.78, 5) is 27.9. The summed E-state index contributed by atoms with van der Waals surface area (Å²) < 4.78 is 0. The molecule has 1 fully saturated rings. The van der Waals surface area contributed by atoms with Crippen LogP contribution in [0.5, 0.6) is 0 Å². The highest BCUT2D eigenvalue weighted by Crippen LogP contribution is 2.25. The topological polar surface area (TPSA) is 37.4 Å². The van der Waals surface area contributed by atoms with E-state index in [9.17, 15) is 9.59 Å². The van der Waals surface area contributed by atoms with Gasteiger partial charge in [0.2, 0.25) is 0 Å². The molecule has 26 heavy (non-hydrogen) atoms. The van der Waals surface area contributed by atoms with Crippen molar-refractivity contribution in [3.63, 3.8) is 0 Å². The molecule has 0 bridgehead atoms. The van der Waals surface area contributed by atoms with Gasteiger partial charge in [-0.15, -0.1) is 11.8 Å². The molecule has 136 valence electrons. The Morgan fingerprint density at radius 1 is 0.962 bits per heavy atom. The van der Waals surface area contributed by atoms with E-state index in [0.29, 0.717) is 17.4 Å².